The Balaban J connectivity index is 2.19. The number of benzene rings is 1. The minimum absolute atomic E-state index is 0.000796. The number of para-hydroxylation sites is 1. The van der Waals surface area contributed by atoms with Gasteiger partial charge in [0.1, 0.15) is 0 Å². The van der Waals surface area contributed by atoms with Gasteiger partial charge in [0.25, 0.3) is 0 Å². The van der Waals surface area contributed by atoms with Crippen LogP contribution < -0.4 is 11.1 Å². The van der Waals surface area contributed by atoms with Gasteiger partial charge in [-0.15, -0.1) is 0 Å². The van der Waals surface area contributed by atoms with Gasteiger partial charge >= 0.3 is 0 Å². The van der Waals surface area contributed by atoms with E-state index in [1.165, 1.54) is 11.8 Å². The minimum atomic E-state index is -0.000796. The van der Waals surface area contributed by atoms with Crippen LogP contribution in [-0.4, -0.2) is 22.4 Å². The van der Waals surface area contributed by atoms with Gasteiger partial charge in [0, 0.05) is 17.9 Å². The van der Waals surface area contributed by atoms with E-state index in [-0.39, 0.29) is 5.91 Å². The van der Waals surface area contributed by atoms with Crippen molar-refractivity contribution in [1.82, 2.24) is 0 Å². The molecule has 0 fully saturated rings. The first kappa shape index (κ1) is 13.0. The van der Waals surface area contributed by atoms with Crippen LogP contribution >= 0.6 is 24.0 Å². The molecule has 1 amide bonds. The van der Waals surface area contributed by atoms with E-state index in [0.29, 0.717) is 17.2 Å². The van der Waals surface area contributed by atoms with E-state index in [1.54, 1.807) is 0 Å². The third kappa shape index (κ3) is 5.72. The van der Waals surface area contributed by atoms with E-state index in [4.69, 9.17) is 18.0 Å². The molecular weight excluding hydrogens is 240 g/mol. The largest absolute Gasteiger partial charge is 0.393 e. The molecule has 16 heavy (non-hydrogen) atoms. The molecule has 0 unspecified atom stereocenters. The van der Waals surface area contributed by atoms with Gasteiger partial charge in [0.05, 0.1) is 10.7 Å². The van der Waals surface area contributed by atoms with E-state index < -0.39 is 0 Å². The SMILES string of the molecule is NC(=S)CCSCC(=O)Nc1ccccc1. The number of hydrogen-bond acceptors (Lipinski definition) is 3. The number of rotatable bonds is 6. The minimum Gasteiger partial charge on any atom is -0.393 e. The summed E-state index contributed by atoms with van der Waals surface area (Å²) in [5.74, 6) is 1.22. The van der Waals surface area contributed by atoms with E-state index >= 15 is 0 Å². The smallest absolute Gasteiger partial charge is 0.234 e. The van der Waals surface area contributed by atoms with Gasteiger partial charge < -0.3 is 11.1 Å². The predicted molar refractivity (Wildman–Crippen MR) is 73.8 cm³/mol. The number of nitrogens with one attached hydrogen (secondary N) is 1. The lowest BCUT2D eigenvalue weighted by atomic mass is 10.3. The van der Waals surface area contributed by atoms with Crippen LogP contribution in [0, 0.1) is 0 Å². The van der Waals surface area contributed by atoms with Crippen molar-refractivity contribution in [3.63, 3.8) is 0 Å². The summed E-state index contributed by atoms with van der Waals surface area (Å²) >= 11 is 6.27. The Morgan fingerprint density at radius 2 is 2.06 bits per heavy atom. The van der Waals surface area contributed by atoms with Crippen molar-refractivity contribution in [2.45, 2.75) is 6.42 Å². The van der Waals surface area contributed by atoms with Crippen LogP contribution in [0.4, 0.5) is 5.69 Å². The highest BCUT2D eigenvalue weighted by molar-refractivity contribution is 8.00. The summed E-state index contributed by atoms with van der Waals surface area (Å²) in [6.07, 6.45) is 0.679. The third-order valence-corrected chi connectivity index (χ3v) is 2.95. The molecule has 0 radical (unpaired) electrons. The second kappa shape index (κ2) is 7.24. The zero-order chi connectivity index (χ0) is 11.8. The topological polar surface area (TPSA) is 55.1 Å². The average Bonchev–Trinajstić information content (AvgIpc) is 2.25. The maximum absolute atomic E-state index is 11.5. The number of nitrogens with two attached hydrogens (primary N) is 1. The van der Waals surface area contributed by atoms with E-state index in [1.807, 2.05) is 30.3 Å². The standard InChI is InChI=1S/C11H14N2OS2/c12-10(15)6-7-16-8-11(14)13-9-4-2-1-3-5-9/h1-5H,6-8H2,(H2,12,15)(H,13,14). The van der Waals surface area contributed by atoms with E-state index in [0.717, 1.165) is 11.4 Å². The molecule has 0 atom stereocenters. The third-order valence-electron chi connectivity index (χ3n) is 1.78. The molecule has 0 saturated carbocycles. The number of hydrogen-bond donors (Lipinski definition) is 2. The number of thioether (sulfide) groups is 1. The van der Waals surface area contributed by atoms with Crippen molar-refractivity contribution in [2.24, 2.45) is 5.73 Å². The lowest BCUT2D eigenvalue weighted by Gasteiger charge is -2.04. The molecule has 0 aliphatic carbocycles. The number of thiocarbonyl (C=S) groups is 1. The van der Waals surface area contributed by atoms with Gasteiger partial charge in [-0.2, -0.15) is 11.8 Å². The van der Waals surface area contributed by atoms with Gasteiger partial charge in [-0.1, -0.05) is 30.4 Å². The monoisotopic (exact) mass is 254 g/mol. The number of carbonyl (C=O) groups is 1. The molecule has 1 aromatic carbocycles. The highest BCUT2D eigenvalue weighted by Crippen LogP contribution is 2.07. The van der Waals surface area contributed by atoms with Gasteiger partial charge in [-0.05, 0) is 12.1 Å². The number of anilines is 1. The van der Waals surface area contributed by atoms with Crippen LogP contribution in [0.1, 0.15) is 6.42 Å². The fraction of sp³-hybridized carbons (Fsp3) is 0.273. The molecule has 0 heterocycles. The Bertz CT molecular complexity index is 354. The van der Waals surface area contributed by atoms with Crippen molar-refractivity contribution in [3.8, 4) is 0 Å². The normalized spacial score (nSPS) is 9.75. The quantitative estimate of drug-likeness (QED) is 0.602. The zero-order valence-corrected chi connectivity index (χ0v) is 10.4. The summed E-state index contributed by atoms with van der Waals surface area (Å²) in [6, 6.07) is 9.40. The molecule has 0 saturated heterocycles. The van der Waals surface area contributed by atoms with Crippen molar-refractivity contribution in [1.29, 1.82) is 0 Å². The van der Waals surface area contributed by atoms with Crippen LogP contribution in [0.5, 0.6) is 0 Å². The molecule has 3 nitrogen and oxygen atoms in total. The highest BCUT2D eigenvalue weighted by Gasteiger charge is 2.01. The Kier molecular flexibility index (Phi) is 5.88. The molecule has 1 aromatic rings. The molecule has 1 rings (SSSR count). The number of amides is 1. The molecule has 0 aliphatic heterocycles. The van der Waals surface area contributed by atoms with Crippen molar-refractivity contribution in [2.75, 3.05) is 16.8 Å². The molecule has 5 heteroatoms. The summed E-state index contributed by atoms with van der Waals surface area (Å²) in [4.78, 5) is 12.0. The first-order valence-corrected chi connectivity index (χ1v) is 6.46. The molecule has 3 N–H and O–H groups in total. The Morgan fingerprint density at radius 3 is 2.69 bits per heavy atom. The predicted octanol–water partition coefficient (Wildman–Crippen LogP) is 2.03. The lowest BCUT2D eigenvalue weighted by molar-refractivity contribution is -0.113. The fourth-order valence-electron chi connectivity index (χ4n) is 1.06. The summed E-state index contributed by atoms with van der Waals surface area (Å²) in [5.41, 5.74) is 6.17. The zero-order valence-electron chi connectivity index (χ0n) is 8.81. The Morgan fingerprint density at radius 1 is 1.38 bits per heavy atom. The van der Waals surface area contributed by atoms with E-state index in [2.05, 4.69) is 5.32 Å². The van der Waals surface area contributed by atoms with Gasteiger partial charge in [-0.25, -0.2) is 0 Å². The summed E-state index contributed by atoms with van der Waals surface area (Å²) in [6.45, 7) is 0. The second-order valence-corrected chi connectivity index (χ2v) is 4.81. The molecule has 86 valence electrons. The summed E-state index contributed by atoms with van der Waals surface area (Å²) in [7, 11) is 0. The first-order valence-electron chi connectivity index (χ1n) is 4.89. The molecule has 0 aliphatic rings. The Hall–Kier alpha value is -1.07. The lowest BCUT2D eigenvalue weighted by Crippen LogP contribution is -2.15. The average molecular weight is 254 g/mol. The number of carbonyl (C=O) groups excluding carboxylic acids is 1. The van der Waals surface area contributed by atoms with Gasteiger partial charge in [-0.3, -0.25) is 4.79 Å². The van der Waals surface area contributed by atoms with Crippen LogP contribution in [0.2, 0.25) is 0 Å². The van der Waals surface area contributed by atoms with E-state index in [9.17, 15) is 4.79 Å². The van der Waals surface area contributed by atoms with Crippen LogP contribution in [0.15, 0.2) is 30.3 Å². The summed E-state index contributed by atoms with van der Waals surface area (Å²) < 4.78 is 0. The van der Waals surface area contributed by atoms with Crippen molar-refractivity contribution < 1.29 is 4.79 Å². The molecular formula is C11H14N2OS2. The molecule has 0 aromatic heterocycles. The van der Waals surface area contributed by atoms with Crippen LogP contribution in [0.3, 0.4) is 0 Å². The van der Waals surface area contributed by atoms with Crippen LogP contribution in [-0.2, 0) is 4.79 Å². The van der Waals surface area contributed by atoms with Crippen molar-refractivity contribution >= 4 is 40.6 Å². The van der Waals surface area contributed by atoms with Crippen LogP contribution in [0.25, 0.3) is 0 Å². The maximum Gasteiger partial charge on any atom is 0.234 e. The van der Waals surface area contributed by atoms with Crippen molar-refractivity contribution in [3.05, 3.63) is 30.3 Å². The second-order valence-electron chi connectivity index (χ2n) is 3.18. The molecule has 0 bridgehead atoms. The van der Waals surface area contributed by atoms with Gasteiger partial charge in [0.2, 0.25) is 5.91 Å². The maximum atomic E-state index is 11.5. The first-order chi connectivity index (χ1) is 7.68. The summed E-state index contributed by atoms with van der Waals surface area (Å²) in [5, 5.41) is 2.81. The fourth-order valence-corrected chi connectivity index (χ4v) is 2.05. The molecule has 0 spiro atoms. The Labute approximate surface area is 105 Å². The van der Waals surface area contributed by atoms with Gasteiger partial charge in [0.15, 0.2) is 0 Å². The highest BCUT2D eigenvalue weighted by atomic mass is 32.2.